The zero-order chi connectivity index (χ0) is 24.4. The summed E-state index contributed by atoms with van der Waals surface area (Å²) >= 11 is 0. The second-order valence-electron chi connectivity index (χ2n) is 9.22. The number of carbonyl (C=O) groups is 3. The van der Waals surface area contributed by atoms with E-state index >= 15 is 0 Å². The second kappa shape index (κ2) is 7.08. The normalized spacial score (nSPS) is 15.0. The summed E-state index contributed by atoms with van der Waals surface area (Å²) in [6, 6.07) is 13.0. The molecule has 34 heavy (non-hydrogen) atoms. The maximum atomic E-state index is 13.0. The first-order valence-electron chi connectivity index (χ1n) is 10.5. The van der Waals surface area contributed by atoms with Gasteiger partial charge in [0.15, 0.2) is 5.60 Å². The highest BCUT2D eigenvalue weighted by molar-refractivity contribution is 6.01. The van der Waals surface area contributed by atoms with Gasteiger partial charge in [-0.3, -0.25) is 4.79 Å². The molecule has 0 aromatic heterocycles. The zero-order valence-electron chi connectivity index (χ0n) is 18.5. The van der Waals surface area contributed by atoms with Gasteiger partial charge in [0.25, 0.3) is 0 Å². The van der Waals surface area contributed by atoms with Gasteiger partial charge in [-0.1, -0.05) is 0 Å². The van der Waals surface area contributed by atoms with Gasteiger partial charge in [-0.05, 0) is 63.2 Å². The number of carbonyl (C=O) groups excluding carboxylic acids is 3. The summed E-state index contributed by atoms with van der Waals surface area (Å²) < 4.78 is 16.9. The van der Waals surface area contributed by atoms with Gasteiger partial charge in [0.2, 0.25) is 0 Å². The largest absolute Gasteiger partial charge is 0.508 e. The molecule has 2 heterocycles. The number of phenolic OH excluding ortho intramolecular Hbond substituents is 2. The highest BCUT2D eigenvalue weighted by Gasteiger charge is 2.54. The Morgan fingerprint density at radius 3 is 2.00 bits per heavy atom. The molecule has 0 atom stereocenters. The van der Waals surface area contributed by atoms with E-state index in [0.29, 0.717) is 16.7 Å². The number of benzene rings is 3. The van der Waals surface area contributed by atoms with E-state index in [1.807, 2.05) is 0 Å². The van der Waals surface area contributed by atoms with E-state index in [4.69, 9.17) is 14.2 Å². The number of fused-ring (bicyclic) bond motifs is 6. The van der Waals surface area contributed by atoms with E-state index in [-0.39, 0.29) is 34.1 Å². The topological polar surface area (TPSA) is 119 Å². The SMILES string of the molecule is CC(C)(C)C(=O)OC(=O)c1ccc2c(c1)C1(OC2=O)c2ccc(O)cc2Oc2cc(O)ccc21. The minimum absolute atomic E-state index is 0.0566. The Morgan fingerprint density at radius 1 is 0.853 bits per heavy atom. The van der Waals surface area contributed by atoms with Gasteiger partial charge in [-0.15, -0.1) is 0 Å². The Bertz CT molecular complexity index is 1340. The standard InChI is InChI=1S/C26H20O8/c1-25(2,3)24(31)33-22(29)13-4-7-16-19(10-13)26(34-23(16)30)17-8-5-14(27)11-20(17)32-21-12-15(28)6-9-18(21)26/h4-12,27-28H,1-3H3. The minimum atomic E-state index is -1.51. The average Bonchev–Trinajstić information content (AvgIpc) is 3.05. The minimum Gasteiger partial charge on any atom is -0.508 e. The Hall–Kier alpha value is -4.33. The van der Waals surface area contributed by atoms with Crippen molar-refractivity contribution in [3.8, 4) is 23.0 Å². The van der Waals surface area contributed by atoms with Crippen molar-refractivity contribution in [3.05, 3.63) is 82.4 Å². The van der Waals surface area contributed by atoms with Crippen LogP contribution in [-0.4, -0.2) is 28.1 Å². The maximum Gasteiger partial charge on any atom is 0.345 e. The number of rotatable bonds is 1. The molecule has 3 aromatic rings. The second-order valence-corrected chi connectivity index (χ2v) is 9.22. The van der Waals surface area contributed by atoms with Gasteiger partial charge < -0.3 is 24.4 Å². The predicted octanol–water partition coefficient (Wildman–Crippen LogP) is 4.40. The van der Waals surface area contributed by atoms with Gasteiger partial charge in [0.05, 0.1) is 16.5 Å². The molecule has 0 saturated carbocycles. The molecule has 5 rings (SSSR count). The number of ether oxygens (including phenoxy) is 3. The van der Waals surface area contributed by atoms with Crippen molar-refractivity contribution in [1.29, 1.82) is 0 Å². The van der Waals surface area contributed by atoms with Gasteiger partial charge in [-0.25, -0.2) is 9.59 Å². The molecule has 1 spiro atoms. The number of esters is 3. The van der Waals surface area contributed by atoms with Crippen molar-refractivity contribution in [1.82, 2.24) is 0 Å². The fourth-order valence-electron chi connectivity index (χ4n) is 4.12. The van der Waals surface area contributed by atoms with E-state index in [1.54, 1.807) is 32.9 Å². The van der Waals surface area contributed by atoms with Gasteiger partial charge in [0.1, 0.15) is 23.0 Å². The van der Waals surface area contributed by atoms with Gasteiger partial charge in [0, 0.05) is 28.8 Å². The third-order valence-corrected chi connectivity index (χ3v) is 5.81. The molecule has 0 fully saturated rings. The molecular formula is C26H20O8. The Morgan fingerprint density at radius 2 is 1.44 bits per heavy atom. The van der Waals surface area contributed by atoms with Crippen molar-refractivity contribution < 1.29 is 38.8 Å². The predicted molar refractivity (Wildman–Crippen MR) is 118 cm³/mol. The van der Waals surface area contributed by atoms with E-state index in [0.717, 1.165) is 0 Å². The molecule has 0 aliphatic carbocycles. The van der Waals surface area contributed by atoms with Crippen LogP contribution >= 0.6 is 0 Å². The van der Waals surface area contributed by atoms with E-state index in [9.17, 15) is 24.6 Å². The van der Waals surface area contributed by atoms with Crippen molar-refractivity contribution in [2.75, 3.05) is 0 Å². The summed E-state index contributed by atoms with van der Waals surface area (Å²) in [5, 5.41) is 20.0. The van der Waals surface area contributed by atoms with E-state index < -0.39 is 28.9 Å². The first kappa shape index (κ1) is 21.5. The van der Waals surface area contributed by atoms with Crippen molar-refractivity contribution in [2.24, 2.45) is 5.41 Å². The Labute approximate surface area is 194 Å². The monoisotopic (exact) mass is 460 g/mol. The Kier molecular flexibility index (Phi) is 4.48. The van der Waals surface area contributed by atoms with Crippen LogP contribution in [0.3, 0.4) is 0 Å². The van der Waals surface area contributed by atoms with E-state index in [2.05, 4.69) is 0 Å². The number of hydrogen-bond donors (Lipinski definition) is 2. The molecule has 8 nitrogen and oxygen atoms in total. The molecule has 0 saturated heterocycles. The first-order chi connectivity index (χ1) is 16.0. The lowest BCUT2D eigenvalue weighted by Gasteiger charge is -2.36. The molecule has 2 aliphatic rings. The van der Waals surface area contributed by atoms with Gasteiger partial charge in [-0.2, -0.15) is 0 Å². The third-order valence-electron chi connectivity index (χ3n) is 5.81. The summed E-state index contributed by atoms with van der Waals surface area (Å²) in [6.07, 6.45) is 0. The first-order valence-corrected chi connectivity index (χ1v) is 10.5. The molecule has 3 aromatic carbocycles. The summed E-state index contributed by atoms with van der Waals surface area (Å²) in [7, 11) is 0. The highest BCUT2D eigenvalue weighted by Crippen LogP contribution is 2.57. The summed E-state index contributed by atoms with van der Waals surface area (Å²) in [5.74, 6) is -1.88. The van der Waals surface area contributed by atoms with Crippen molar-refractivity contribution in [3.63, 3.8) is 0 Å². The molecule has 0 radical (unpaired) electrons. The lowest BCUT2D eigenvalue weighted by molar-refractivity contribution is -0.146. The summed E-state index contributed by atoms with van der Waals surface area (Å²) in [4.78, 5) is 38.0. The van der Waals surface area contributed by atoms with Crippen LogP contribution in [0.15, 0.2) is 54.6 Å². The van der Waals surface area contributed by atoms with Crippen LogP contribution in [0.2, 0.25) is 0 Å². The fraction of sp³-hybridized carbons (Fsp3) is 0.192. The average molecular weight is 460 g/mol. The van der Waals surface area contributed by atoms with Crippen LogP contribution in [0.4, 0.5) is 0 Å². The quantitative estimate of drug-likeness (QED) is 0.405. The number of phenols is 2. The van der Waals surface area contributed by atoms with E-state index in [1.165, 1.54) is 42.5 Å². The zero-order valence-corrected chi connectivity index (χ0v) is 18.5. The van der Waals surface area contributed by atoms with Crippen LogP contribution in [0, 0.1) is 5.41 Å². The lowest BCUT2D eigenvalue weighted by Crippen LogP contribution is -2.33. The summed E-state index contributed by atoms with van der Waals surface area (Å²) in [5.41, 5.74) is -0.924. The smallest absolute Gasteiger partial charge is 0.345 e. The number of hydrogen-bond acceptors (Lipinski definition) is 8. The van der Waals surface area contributed by atoms with Crippen LogP contribution in [0.1, 0.15) is 58.2 Å². The molecule has 8 heteroatoms. The molecule has 0 bridgehead atoms. The molecule has 0 unspecified atom stereocenters. The van der Waals surface area contributed by atoms with Crippen LogP contribution in [0.25, 0.3) is 0 Å². The van der Waals surface area contributed by atoms with Crippen LogP contribution in [0.5, 0.6) is 23.0 Å². The molecule has 2 N–H and O–H groups in total. The molecule has 172 valence electrons. The molecular weight excluding hydrogens is 440 g/mol. The molecule has 0 amide bonds. The maximum absolute atomic E-state index is 13.0. The molecule has 2 aliphatic heterocycles. The third kappa shape index (κ3) is 3.10. The van der Waals surface area contributed by atoms with Crippen LogP contribution in [-0.2, 0) is 19.9 Å². The number of aromatic hydroxyl groups is 2. The fourth-order valence-corrected chi connectivity index (χ4v) is 4.12. The lowest BCUT2D eigenvalue weighted by atomic mass is 9.77. The highest BCUT2D eigenvalue weighted by atomic mass is 16.6. The Balaban J connectivity index is 1.72. The van der Waals surface area contributed by atoms with Crippen molar-refractivity contribution in [2.45, 2.75) is 26.4 Å². The van der Waals surface area contributed by atoms with Gasteiger partial charge >= 0.3 is 17.9 Å². The summed E-state index contributed by atoms with van der Waals surface area (Å²) in [6.45, 7) is 4.90. The van der Waals surface area contributed by atoms with Crippen LogP contribution < -0.4 is 4.74 Å². The van der Waals surface area contributed by atoms with Crippen molar-refractivity contribution >= 4 is 17.9 Å².